The lowest BCUT2D eigenvalue weighted by atomic mass is 10.2. The second kappa shape index (κ2) is 4.84. The Balaban J connectivity index is 2.16. The van der Waals surface area contributed by atoms with Crippen molar-refractivity contribution < 1.29 is 14.4 Å². The summed E-state index contributed by atoms with van der Waals surface area (Å²) in [6.07, 6.45) is 2.82. The van der Waals surface area contributed by atoms with E-state index in [9.17, 15) is 4.79 Å². The van der Waals surface area contributed by atoms with Crippen molar-refractivity contribution in [3.05, 3.63) is 40.9 Å². The predicted molar refractivity (Wildman–Crippen MR) is 60.0 cm³/mol. The van der Waals surface area contributed by atoms with Gasteiger partial charge in [0.2, 0.25) is 0 Å². The van der Waals surface area contributed by atoms with Gasteiger partial charge in [-0.2, -0.15) is 0 Å². The van der Waals surface area contributed by atoms with Gasteiger partial charge < -0.3 is 14.9 Å². The molecule has 2 aromatic rings. The third-order valence-corrected chi connectivity index (χ3v) is 2.43. The molecule has 0 radical (unpaired) electrons. The van der Waals surface area contributed by atoms with Crippen molar-refractivity contribution in [3.8, 4) is 0 Å². The molecule has 2 rings (SSSR count). The minimum atomic E-state index is -1.10. The zero-order valence-corrected chi connectivity index (χ0v) is 9.31. The maximum absolute atomic E-state index is 10.8. The van der Waals surface area contributed by atoms with Crippen molar-refractivity contribution in [1.29, 1.82) is 0 Å². The first-order valence-corrected chi connectivity index (χ1v) is 5.07. The van der Waals surface area contributed by atoms with Crippen LogP contribution in [0.2, 0.25) is 5.02 Å². The van der Waals surface area contributed by atoms with E-state index in [1.807, 2.05) is 0 Å². The Labute approximate surface area is 101 Å². The normalized spacial score (nSPS) is 10.2. The number of halogens is 1. The summed E-state index contributed by atoms with van der Waals surface area (Å²) in [6, 6.07) is 3.02. The van der Waals surface area contributed by atoms with Crippen LogP contribution in [0.1, 0.15) is 16.1 Å². The molecule has 0 atom stereocenters. The molecule has 2 N–H and O–H groups in total. The summed E-state index contributed by atoms with van der Waals surface area (Å²) in [5, 5.41) is 15.5. The van der Waals surface area contributed by atoms with E-state index in [0.29, 0.717) is 18.1 Å². The number of hydrogen-bond acceptors (Lipinski definition) is 5. The Morgan fingerprint density at radius 2 is 2.35 bits per heavy atom. The maximum atomic E-state index is 10.8. The molecule has 0 bridgehead atoms. The predicted octanol–water partition coefficient (Wildman–Crippen LogP) is 2.03. The van der Waals surface area contributed by atoms with Crippen LogP contribution in [0.4, 0.5) is 5.82 Å². The largest absolute Gasteiger partial charge is 0.478 e. The summed E-state index contributed by atoms with van der Waals surface area (Å²) in [5.74, 6) is -0.795. The average Bonchev–Trinajstić information content (AvgIpc) is 2.80. The summed E-state index contributed by atoms with van der Waals surface area (Å²) in [5.41, 5.74) is 0.674. The number of carbonyl (C=O) groups is 1. The Hall–Kier alpha value is -2.08. The Morgan fingerprint density at radius 1 is 1.53 bits per heavy atom. The zero-order valence-electron chi connectivity index (χ0n) is 8.55. The van der Waals surface area contributed by atoms with Crippen molar-refractivity contribution in [2.75, 3.05) is 5.32 Å². The second-order valence-corrected chi connectivity index (χ2v) is 3.55. The number of anilines is 1. The van der Waals surface area contributed by atoms with Gasteiger partial charge in [0, 0.05) is 12.3 Å². The number of carboxylic acid groups (broad SMARTS) is 1. The van der Waals surface area contributed by atoms with Gasteiger partial charge in [0.05, 0.1) is 17.1 Å². The van der Waals surface area contributed by atoms with E-state index >= 15 is 0 Å². The topological polar surface area (TPSA) is 88.2 Å². The van der Waals surface area contributed by atoms with E-state index in [-0.39, 0.29) is 10.6 Å². The molecule has 0 unspecified atom stereocenters. The van der Waals surface area contributed by atoms with E-state index in [0.717, 1.165) is 0 Å². The van der Waals surface area contributed by atoms with Gasteiger partial charge in [-0.15, -0.1) is 0 Å². The van der Waals surface area contributed by atoms with Crippen LogP contribution in [0, 0.1) is 0 Å². The highest BCUT2D eigenvalue weighted by Gasteiger charge is 2.13. The molecule has 0 spiro atoms. The van der Waals surface area contributed by atoms with Crippen molar-refractivity contribution in [1.82, 2.24) is 10.1 Å². The summed E-state index contributed by atoms with van der Waals surface area (Å²) in [4.78, 5) is 14.8. The molecular formula is C10H8ClN3O3. The molecule has 0 aliphatic carbocycles. The molecule has 2 aromatic heterocycles. The van der Waals surface area contributed by atoms with E-state index in [2.05, 4.69) is 20.0 Å². The molecule has 6 nitrogen and oxygen atoms in total. The molecule has 7 heteroatoms. The average molecular weight is 254 g/mol. The lowest BCUT2D eigenvalue weighted by Gasteiger charge is -2.06. The Morgan fingerprint density at radius 3 is 3.00 bits per heavy atom. The monoisotopic (exact) mass is 253 g/mol. The fourth-order valence-electron chi connectivity index (χ4n) is 1.24. The first-order valence-electron chi connectivity index (χ1n) is 4.69. The van der Waals surface area contributed by atoms with Crippen molar-refractivity contribution in [2.45, 2.75) is 6.54 Å². The zero-order chi connectivity index (χ0) is 12.3. The van der Waals surface area contributed by atoms with Gasteiger partial charge in [-0.05, 0) is 6.07 Å². The maximum Gasteiger partial charge on any atom is 0.337 e. The summed E-state index contributed by atoms with van der Waals surface area (Å²) in [6.45, 7) is 0.353. The molecule has 0 amide bonds. The van der Waals surface area contributed by atoms with Crippen LogP contribution in [0.15, 0.2) is 29.1 Å². The summed E-state index contributed by atoms with van der Waals surface area (Å²) >= 11 is 5.89. The summed E-state index contributed by atoms with van der Waals surface area (Å²) < 4.78 is 4.66. The minimum absolute atomic E-state index is 0.00400. The van der Waals surface area contributed by atoms with Crippen LogP contribution >= 0.6 is 11.6 Å². The van der Waals surface area contributed by atoms with Gasteiger partial charge in [0.1, 0.15) is 17.8 Å². The molecule has 0 saturated heterocycles. The van der Waals surface area contributed by atoms with Gasteiger partial charge in [-0.25, -0.2) is 9.78 Å². The first-order chi connectivity index (χ1) is 8.18. The fraction of sp³-hybridized carbons (Fsp3) is 0.100. The number of carboxylic acids is 1. The number of aromatic nitrogens is 2. The molecule has 0 saturated carbocycles. The smallest absolute Gasteiger partial charge is 0.337 e. The van der Waals surface area contributed by atoms with Crippen LogP contribution in [-0.2, 0) is 6.54 Å². The molecule has 2 heterocycles. The molecule has 0 fully saturated rings. The molecule has 0 aromatic carbocycles. The van der Waals surface area contributed by atoms with Crippen molar-refractivity contribution >= 4 is 23.4 Å². The Bertz CT molecular complexity index is 528. The van der Waals surface area contributed by atoms with Crippen LogP contribution < -0.4 is 5.32 Å². The van der Waals surface area contributed by atoms with E-state index in [4.69, 9.17) is 16.7 Å². The standard InChI is InChI=1S/C10H8ClN3O3/c11-8-7(10(15)16)1-3-12-9(8)13-5-6-2-4-17-14-6/h1-4H,5H2,(H,12,13)(H,15,16). The number of nitrogens with one attached hydrogen (secondary N) is 1. The van der Waals surface area contributed by atoms with E-state index in [1.165, 1.54) is 18.5 Å². The van der Waals surface area contributed by atoms with E-state index < -0.39 is 5.97 Å². The molecule has 17 heavy (non-hydrogen) atoms. The molecule has 0 aliphatic heterocycles. The first kappa shape index (κ1) is 11.4. The number of hydrogen-bond donors (Lipinski definition) is 2. The summed E-state index contributed by atoms with van der Waals surface area (Å²) in [7, 11) is 0. The lowest BCUT2D eigenvalue weighted by molar-refractivity contribution is 0.0697. The molecular weight excluding hydrogens is 246 g/mol. The third kappa shape index (κ3) is 2.54. The highest BCUT2D eigenvalue weighted by atomic mass is 35.5. The van der Waals surface area contributed by atoms with Crippen molar-refractivity contribution in [3.63, 3.8) is 0 Å². The van der Waals surface area contributed by atoms with Gasteiger partial charge in [-0.1, -0.05) is 16.8 Å². The number of nitrogens with zero attached hydrogens (tertiary/aromatic N) is 2. The van der Waals surface area contributed by atoms with Gasteiger partial charge in [0.25, 0.3) is 0 Å². The third-order valence-electron chi connectivity index (χ3n) is 2.05. The fourth-order valence-corrected chi connectivity index (χ4v) is 1.49. The number of pyridine rings is 1. The number of aromatic carboxylic acids is 1. The van der Waals surface area contributed by atoms with Crippen LogP contribution in [0.3, 0.4) is 0 Å². The van der Waals surface area contributed by atoms with Gasteiger partial charge in [0.15, 0.2) is 0 Å². The molecule has 0 aliphatic rings. The quantitative estimate of drug-likeness (QED) is 0.867. The highest BCUT2D eigenvalue weighted by molar-refractivity contribution is 6.35. The molecule has 88 valence electrons. The minimum Gasteiger partial charge on any atom is -0.478 e. The van der Waals surface area contributed by atoms with Gasteiger partial charge in [-0.3, -0.25) is 0 Å². The van der Waals surface area contributed by atoms with Crippen LogP contribution in [0.5, 0.6) is 0 Å². The number of rotatable bonds is 4. The van der Waals surface area contributed by atoms with Crippen LogP contribution in [-0.4, -0.2) is 21.2 Å². The van der Waals surface area contributed by atoms with Crippen molar-refractivity contribution in [2.24, 2.45) is 0 Å². The lowest BCUT2D eigenvalue weighted by Crippen LogP contribution is -2.05. The highest BCUT2D eigenvalue weighted by Crippen LogP contribution is 2.23. The van der Waals surface area contributed by atoms with E-state index in [1.54, 1.807) is 6.07 Å². The van der Waals surface area contributed by atoms with Gasteiger partial charge >= 0.3 is 5.97 Å². The SMILES string of the molecule is O=C(O)c1ccnc(NCc2ccon2)c1Cl. The second-order valence-electron chi connectivity index (χ2n) is 3.17. The van der Waals surface area contributed by atoms with Crippen LogP contribution in [0.25, 0.3) is 0 Å². The Kier molecular flexibility index (Phi) is 3.24.